The predicted molar refractivity (Wildman–Crippen MR) is 93.5 cm³/mol. The van der Waals surface area contributed by atoms with Gasteiger partial charge in [0.15, 0.2) is 5.57 Å². The molecule has 0 unspecified atom stereocenters. The van der Waals surface area contributed by atoms with E-state index in [4.69, 9.17) is 15.3 Å². The van der Waals surface area contributed by atoms with Gasteiger partial charge in [-0.15, -0.1) is 11.3 Å². The average molecular weight is 357 g/mol. The van der Waals surface area contributed by atoms with E-state index < -0.39 is 0 Å². The molecule has 0 fully saturated rings. The Morgan fingerprint density at radius 3 is 2.60 bits per heavy atom. The third-order valence-electron chi connectivity index (χ3n) is 3.39. The largest absolute Gasteiger partial charge is 0.382 e. The highest BCUT2D eigenvalue weighted by molar-refractivity contribution is 7.07. The quantitative estimate of drug-likeness (QED) is 0.734. The van der Waals surface area contributed by atoms with Crippen molar-refractivity contribution >= 4 is 23.0 Å². The molecule has 1 heterocycles. The van der Waals surface area contributed by atoms with Gasteiger partial charge in [-0.3, -0.25) is 9.36 Å². The third kappa shape index (κ3) is 4.63. The second-order valence-electron chi connectivity index (χ2n) is 5.07. The lowest BCUT2D eigenvalue weighted by Crippen LogP contribution is -2.32. The molecule has 0 saturated carbocycles. The smallest absolute Gasteiger partial charge is 0.269 e. The summed E-state index contributed by atoms with van der Waals surface area (Å²) in [5.74, 6) is -0.359. The Kier molecular flexibility index (Phi) is 6.64. The number of ether oxygens (including phenoxy) is 1. The normalized spacial score (nSPS) is 11.1. The maximum Gasteiger partial charge on any atom is 0.269 e. The molecular weight excluding hydrogens is 341 g/mol. The zero-order valence-electron chi connectivity index (χ0n) is 13.7. The zero-order valence-corrected chi connectivity index (χ0v) is 14.5. The van der Waals surface area contributed by atoms with E-state index >= 15 is 0 Å². The van der Waals surface area contributed by atoms with Crippen LogP contribution in [-0.2, 0) is 11.3 Å². The standard InChI is InChI=1S/C18H16FN3O2S/c1-2-24-9-3-8-22-17(23)16(25-18(22)14(11-20)12-21)10-13-4-6-15(19)7-5-13/h4-7,10H,2-3,8-9H2,1H3/b16-10+. The van der Waals surface area contributed by atoms with Crippen LogP contribution in [0.25, 0.3) is 11.6 Å². The highest BCUT2D eigenvalue weighted by Gasteiger charge is 2.09. The van der Waals surface area contributed by atoms with E-state index in [0.29, 0.717) is 40.9 Å². The molecule has 0 atom stereocenters. The fraction of sp³-hybridized carbons (Fsp3) is 0.278. The van der Waals surface area contributed by atoms with Crippen LogP contribution in [0.4, 0.5) is 4.39 Å². The Hall–Kier alpha value is -2.74. The van der Waals surface area contributed by atoms with Crippen LogP contribution in [0, 0.1) is 28.5 Å². The summed E-state index contributed by atoms with van der Waals surface area (Å²) in [7, 11) is 0. The Labute approximate surface area is 148 Å². The number of rotatable bonds is 6. The first kappa shape index (κ1) is 18.6. The SMILES string of the molecule is CCOCCCn1c(=C(C#N)C#N)s/c(=C/c2ccc(F)cc2)c1=O. The lowest BCUT2D eigenvalue weighted by Gasteiger charge is -2.02. The van der Waals surface area contributed by atoms with Gasteiger partial charge in [0.25, 0.3) is 5.56 Å². The predicted octanol–water partition coefficient (Wildman–Crippen LogP) is 1.50. The van der Waals surface area contributed by atoms with Crippen molar-refractivity contribution in [3.05, 3.63) is 55.2 Å². The van der Waals surface area contributed by atoms with Crippen LogP contribution in [0.5, 0.6) is 0 Å². The van der Waals surface area contributed by atoms with Gasteiger partial charge in [-0.1, -0.05) is 12.1 Å². The topological polar surface area (TPSA) is 78.8 Å². The second-order valence-corrected chi connectivity index (χ2v) is 6.10. The number of thiazole rings is 1. The number of aromatic nitrogens is 1. The lowest BCUT2D eigenvalue weighted by molar-refractivity contribution is 0.141. The van der Waals surface area contributed by atoms with Crippen molar-refractivity contribution in [2.24, 2.45) is 0 Å². The van der Waals surface area contributed by atoms with E-state index in [1.807, 2.05) is 19.1 Å². The molecule has 0 saturated heterocycles. The molecule has 2 aromatic rings. The fourth-order valence-electron chi connectivity index (χ4n) is 2.21. The van der Waals surface area contributed by atoms with Crippen LogP contribution in [0.3, 0.4) is 0 Å². The molecule has 128 valence electrons. The molecule has 0 spiro atoms. The minimum Gasteiger partial charge on any atom is -0.382 e. The Morgan fingerprint density at radius 2 is 2.00 bits per heavy atom. The molecule has 2 rings (SSSR count). The molecule has 25 heavy (non-hydrogen) atoms. The Bertz CT molecular complexity index is 975. The summed E-state index contributed by atoms with van der Waals surface area (Å²) in [6, 6.07) is 9.41. The molecule has 7 heteroatoms. The van der Waals surface area contributed by atoms with Crippen molar-refractivity contribution < 1.29 is 9.13 Å². The van der Waals surface area contributed by atoms with Crippen molar-refractivity contribution in [3.8, 4) is 12.1 Å². The summed E-state index contributed by atoms with van der Waals surface area (Å²) in [6.07, 6.45) is 2.22. The van der Waals surface area contributed by atoms with Gasteiger partial charge in [-0.05, 0) is 37.1 Å². The lowest BCUT2D eigenvalue weighted by atomic mass is 10.2. The van der Waals surface area contributed by atoms with Crippen molar-refractivity contribution in [3.63, 3.8) is 0 Å². The van der Waals surface area contributed by atoms with Crippen LogP contribution in [0.2, 0.25) is 0 Å². The first-order valence-corrected chi connectivity index (χ1v) is 8.51. The monoisotopic (exact) mass is 357 g/mol. The molecule has 5 nitrogen and oxygen atoms in total. The maximum atomic E-state index is 13.0. The summed E-state index contributed by atoms with van der Waals surface area (Å²) < 4.78 is 20.4. The van der Waals surface area contributed by atoms with E-state index in [2.05, 4.69) is 0 Å². The number of hydrogen-bond donors (Lipinski definition) is 0. The molecule has 1 aromatic carbocycles. The summed E-state index contributed by atoms with van der Waals surface area (Å²) >= 11 is 1.08. The van der Waals surface area contributed by atoms with Crippen LogP contribution < -0.4 is 14.8 Å². The maximum absolute atomic E-state index is 13.0. The van der Waals surface area contributed by atoms with Crippen molar-refractivity contribution in [1.82, 2.24) is 4.57 Å². The van der Waals surface area contributed by atoms with E-state index in [-0.39, 0.29) is 16.9 Å². The van der Waals surface area contributed by atoms with Gasteiger partial charge in [-0.2, -0.15) is 10.5 Å². The zero-order chi connectivity index (χ0) is 18.2. The molecule has 0 radical (unpaired) electrons. The fourth-order valence-corrected chi connectivity index (χ4v) is 3.29. The molecule has 0 aliphatic carbocycles. The molecule has 0 N–H and O–H groups in total. The highest BCUT2D eigenvalue weighted by atomic mass is 32.1. The van der Waals surface area contributed by atoms with Crippen molar-refractivity contribution in [1.29, 1.82) is 10.5 Å². The summed E-state index contributed by atoms with van der Waals surface area (Å²) in [5.41, 5.74) is 0.296. The number of nitriles is 2. The third-order valence-corrected chi connectivity index (χ3v) is 4.52. The summed E-state index contributed by atoms with van der Waals surface area (Å²) in [5, 5.41) is 18.3. The van der Waals surface area contributed by atoms with Crippen LogP contribution in [0.1, 0.15) is 18.9 Å². The van der Waals surface area contributed by atoms with Crippen LogP contribution in [0.15, 0.2) is 29.1 Å². The number of halogens is 1. The van der Waals surface area contributed by atoms with Gasteiger partial charge in [0.1, 0.15) is 22.6 Å². The number of benzene rings is 1. The van der Waals surface area contributed by atoms with Gasteiger partial charge in [0.05, 0.1) is 4.53 Å². The first-order chi connectivity index (χ1) is 12.1. The molecule has 0 aliphatic heterocycles. The molecule has 0 amide bonds. The van der Waals surface area contributed by atoms with Gasteiger partial charge in [-0.25, -0.2) is 4.39 Å². The van der Waals surface area contributed by atoms with Gasteiger partial charge in [0.2, 0.25) is 0 Å². The van der Waals surface area contributed by atoms with Gasteiger partial charge >= 0.3 is 0 Å². The molecule has 0 bridgehead atoms. The Morgan fingerprint density at radius 1 is 1.32 bits per heavy atom. The minimum absolute atomic E-state index is 0.0998. The van der Waals surface area contributed by atoms with Crippen LogP contribution >= 0.6 is 11.3 Å². The van der Waals surface area contributed by atoms with Gasteiger partial charge < -0.3 is 4.74 Å². The summed E-state index contributed by atoms with van der Waals surface area (Å²) in [4.78, 5) is 12.7. The minimum atomic E-state index is -0.359. The van der Waals surface area contributed by atoms with E-state index in [1.165, 1.54) is 16.7 Å². The molecular formula is C18H16FN3O2S. The van der Waals surface area contributed by atoms with Crippen molar-refractivity contribution in [2.45, 2.75) is 19.9 Å². The molecule has 0 aliphatic rings. The summed E-state index contributed by atoms with van der Waals surface area (Å²) in [6.45, 7) is 3.32. The van der Waals surface area contributed by atoms with Crippen LogP contribution in [-0.4, -0.2) is 17.8 Å². The number of nitrogens with zero attached hydrogens (tertiary/aromatic N) is 3. The second kappa shape index (κ2) is 8.93. The highest BCUT2D eigenvalue weighted by Crippen LogP contribution is 2.03. The van der Waals surface area contributed by atoms with E-state index in [1.54, 1.807) is 18.2 Å². The van der Waals surface area contributed by atoms with Gasteiger partial charge in [0, 0.05) is 19.8 Å². The van der Waals surface area contributed by atoms with E-state index in [0.717, 1.165) is 11.3 Å². The Balaban J connectivity index is 2.55. The number of hydrogen-bond acceptors (Lipinski definition) is 5. The van der Waals surface area contributed by atoms with Crippen molar-refractivity contribution in [2.75, 3.05) is 13.2 Å². The average Bonchev–Trinajstić information content (AvgIpc) is 2.91. The molecule has 1 aromatic heterocycles. The first-order valence-electron chi connectivity index (χ1n) is 7.70. The van der Waals surface area contributed by atoms with E-state index in [9.17, 15) is 9.18 Å².